The molecule has 0 spiro atoms. The van der Waals surface area contributed by atoms with Crippen molar-refractivity contribution in [1.29, 1.82) is 0 Å². The van der Waals surface area contributed by atoms with E-state index in [9.17, 15) is 18.8 Å². The van der Waals surface area contributed by atoms with Crippen LogP contribution in [0, 0.1) is 6.92 Å². The molecular weight excluding hydrogens is 453 g/mol. The first kappa shape index (κ1) is 24.3. The molecule has 2 aromatic heterocycles. The van der Waals surface area contributed by atoms with Crippen LogP contribution in [0.2, 0.25) is 0 Å². The van der Waals surface area contributed by atoms with E-state index >= 15 is 0 Å². The van der Waals surface area contributed by atoms with Crippen molar-refractivity contribution in [2.24, 2.45) is 0 Å². The van der Waals surface area contributed by atoms with Crippen LogP contribution < -0.4 is 11.1 Å². The summed E-state index contributed by atoms with van der Waals surface area (Å²) in [4.78, 5) is 43.8. The van der Waals surface area contributed by atoms with Gasteiger partial charge in [0.25, 0.3) is 0 Å². The molecule has 0 radical (unpaired) electrons. The first-order valence-corrected chi connectivity index (χ1v) is 11.5. The Labute approximate surface area is 202 Å². The van der Waals surface area contributed by atoms with Crippen LogP contribution >= 0.6 is 0 Å². The SMILES string of the molecule is Cc1nn(CC(=O)N2C[C@H](F)C[C@H]2C(=O)N[C@@H](c2ccccc2)c2ccc(C(C)C)cn2)c(=O)o1. The molecule has 0 aliphatic carbocycles. The molecule has 35 heavy (non-hydrogen) atoms. The normalized spacial score (nSPS) is 18.6. The molecule has 0 bridgehead atoms. The van der Waals surface area contributed by atoms with Crippen LogP contribution in [0.25, 0.3) is 0 Å². The molecule has 184 valence electrons. The zero-order valence-electron chi connectivity index (χ0n) is 19.8. The predicted molar refractivity (Wildman–Crippen MR) is 125 cm³/mol. The van der Waals surface area contributed by atoms with Crippen molar-refractivity contribution in [1.82, 2.24) is 25.0 Å². The number of carbonyl (C=O) groups excluding carboxylic acids is 2. The second-order valence-electron chi connectivity index (χ2n) is 8.96. The maximum Gasteiger partial charge on any atom is 0.437 e. The Bertz CT molecular complexity index is 1240. The number of nitrogens with zero attached hydrogens (tertiary/aromatic N) is 4. The third-order valence-electron chi connectivity index (χ3n) is 6.06. The lowest BCUT2D eigenvalue weighted by atomic mass is 10.00. The Morgan fingerprint density at radius 2 is 1.91 bits per heavy atom. The molecule has 1 saturated heterocycles. The van der Waals surface area contributed by atoms with Crippen LogP contribution in [0.4, 0.5) is 4.39 Å². The maximum atomic E-state index is 14.4. The first-order valence-electron chi connectivity index (χ1n) is 11.5. The molecule has 4 rings (SSSR count). The highest BCUT2D eigenvalue weighted by Gasteiger charge is 2.40. The molecule has 3 aromatic rings. The fourth-order valence-corrected chi connectivity index (χ4v) is 4.18. The lowest BCUT2D eigenvalue weighted by Crippen LogP contribution is -2.48. The molecule has 1 aliphatic heterocycles. The summed E-state index contributed by atoms with van der Waals surface area (Å²) in [5.41, 5.74) is 2.51. The summed E-state index contributed by atoms with van der Waals surface area (Å²) in [6, 6.07) is 11.6. The zero-order valence-corrected chi connectivity index (χ0v) is 19.8. The average molecular weight is 482 g/mol. The molecule has 1 aliphatic rings. The van der Waals surface area contributed by atoms with Gasteiger partial charge in [-0.25, -0.2) is 9.18 Å². The van der Waals surface area contributed by atoms with Crippen LogP contribution in [0.15, 0.2) is 57.9 Å². The van der Waals surface area contributed by atoms with Crippen LogP contribution in [0.1, 0.15) is 54.9 Å². The van der Waals surface area contributed by atoms with E-state index in [4.69, 9.17) is 4.42 Å². The number of rotatable bonds is 7. The van der Waals surface area contributed by atoms with Crippen molar-refractivity contribution >= 4 is 11.8 Å². The lowest BCUT2D eigenvalue weighted by molar-refractivity contribution is -0.139. The van der Waals surface area contributed by atoms with Gasteiger partial charge in [-0.1, -0.05) is 50.2 Å². The summed E-state index contributed by atoms with van der Waals surface area (Å²) in [6.45, 7) is 4.95. The minimum atomic E-state index is -1.36. The minimum absolute atomic E-state index is 0.114. The van der Waals surface area contributed by atoms with Crippen molar-refractivity contribution in [2.75, 3.05) is 6.54 Å². The fourth-order valence-electron chi connectivity index (χ4n) is 4.18. The second kappa shape index (κ2) is 10.2. The predicted octanol–water partition coefficient (Wildman–Crippen LogP) is 2.51. The van der Waals surface area contributed by atoms with Gasteiger partial charge in [0.2, 0.25) is 17.7 Å². The van der Waals surface area contributed by atoms with Crippen LogP contribution in [-0.4, -0.2) is 50.2 Å². The summed E-state index contributed by atoms with van der Waals surface area (Å²) in [5.74, 6) is -1.44. The van der Waals surface area contributed by atoms with Gasteiger partial charge in [0.05, 0.1) is 18.3 Å². The van der Waals surface area contributed by atoms with E-state index in [1.807, 2.05) is 42.5 Å². The molecule has 1 N–H and O–H groups in total. The van der Waals surface area contributed by atoms with Crippen molar-refractivity contribution < 1.29 is 18.4 Å². The number of halogens is 1. The quantitative estimate of drug-likeness (QED) is 0.555. The number of carbonyl (C=O) groups is 2. The number of alkyl halides is 1. The average Bonchev–Trinajstić information content (AvgIpc) is 3.39. The number of amides is 2. The van der Waals surface area contributed by atoms with Crippen molar-refractivity contribution in [2.45, 2.75) is 57.9 Å². The van der Waals surface area contributed by atoms with Gasteiger partial charge in [0.15, 0.2) is 0 Å². The van der Waals surface area contributed by atoms with Gasteiger partial charge in [0, 0.05) is 19.5 Å². The van der Waals surface area contributed by atoms with Gasteiger partial charge in [-0.05, 0) is 23.1 Å². The van der Waals surface area contributed by atoms with Gasteiger partial charge in [0.1, 0.15) is 18.8 Å². The molecule has 9 nitrogen and oxygen atoms in total. The Hall–Kier alpha value is -3.82. The van der Waals surface area contributed by atoms with Gasteiger partial charge >= 0.3 is 5.76 Å². The summed E-state index contributed by atoms with van der Waals surface area (Å²) >= 11 is 0. The van der Waals surface area contributed by atoms with Crippen LogP contribution in [0.5, 0.6) is 0 Å². The van der Waals surface area contributed by atoms with E-state index < -0.39 is 42.4 Å². The number of benzene rings is 1. The summed E-state index contributed by atoms with van der Waals surface area (Å²) in [7, 11) is 0. The lowest BCUT2D eigenvalue weighted by Gasteiger charge is -2.26. The number of aryl methyl sites for hydroxylation is 1. The molecule has 3 heterocycles. The summed E-state index contributed by atoms with van der Waals surface area (Å²) < 4.78 is 20.1. The second-order valence-corrected chi connectivity index (χ2v) is 8.96. The monoisotopic (exact) mass is 481 g/mol. The maximum absolute atomic E-state index is 14.4. The molecule has 0 unspecified atom stereocenters. The summed E-state index contributed by atoms with van der Waals surface area (Å²) in [5, 5.41) is 6.81. The molecule has 3 atom stereocenters. The third-order valence-corrected chi connectivity index (χ3v) is 6.06. The Morgan fingerprint density at radius 3 is 2.51 bits per heavy atom. The Kier molecular flexibility index (Phi) is 7.09. The fraction of sp³-hybridized carbons (Fsp3) is 0.400. The van der Waals surface area contributed by atoms with Crippen molar-refractivity contribution in [3.8, 4) is 0 Å². The zero-order chi connectivity index (χ0) is 25.1. The Morgan fingerprint density at radius 1 is 1.17 bits per heavy atom. The molecular formula is C25H28FN5O4. The number of aromatic nitrogens is 3. The molecule has 1 fully saturated rings. The van der Waals surface area contributed by atoms with Gasteiger partial charge in [-0.15, -0.1) is 5.10 Å². The minimum Gasteiger partial charge on any atom is -0.393 e. The highest BCUT2D eigenvalue weighted by molar-refractivity contribution is 5.88. The number of hydrogen-bond donors (Lipinski definition) is 1. The van der Waals surface area contributed by atoms with Crippen molar-refractivity contribution in [3.63, 3.8) is 0 Å². The largest absolute Gasteiger partial charge is 0.437 e. The number of pyridine rings is 1. The molecule has 2 amide bonds. The number of nitrogens with one attached hydrogen (secondary N) is 1. The molecule has 0 saturated carbocycles. The molecule has 10 heteroatoms. The first-order chi connectivity index (χ1) is 16.7. The number of likely N-dealkylation sites (tertiary alicyclic amines) is 1. The smallest absolute Gasteiger partial charge is 0.393 e. The van der Waals surface area contributed by atoms with Gasteiger partial charge < -0.3 is 14.6 Å². The molecule has 1 aromatic carbocycles. The van der Waals surface area contributed by atoms with Crippen LogP contribution in [-0.2, 0) is 16.1 Å². The van der Waals surface area contributed by atoms with Gasteiger partial charge in [-0.3, -0.25) is 14.6 Å². The van der Waals surface area contributed by atoms with E-state index in [2.05, 4.69) is 29.2 Å². The number of hydrogen-bond acceptors (Lipinski definition) is 6. The third kappa shape index (κ3) is 5.47. The van der Waals surface area contributed by atoms with E-state index in [1.54, 1.807) is 6.20 Å². The van der Waals surface area contributed by atoms with Crippen LogP contribution in [0.3, 0.4) is 0 Å². The van der Waals surface area contributed by atoms with E-state index in [0.717, 1.165) is 20.7 Å². The highest BCUT2D eigenvalue weighted by Crippen LogP contribution is 2.26. The van der Waals surface area contributed by atoms with Gasteiger partial charge in [-0.2, -0.15) is 4.68 Å². The standard InChI is InChI=1S/C25H28FN5O4/c1-15(2)18-9-10-20(27-12-18)23(17-7-5-4-6-8-17)28-24(33)21-11-19(26)13-30(21)22(32)14-31-25(34)35-16(3)29-31/h4-10,12,15,19,21,23H,11,13-14H2,1-3H3,(H,28,33)/t19-,21+,23+/m1/s1. The van der Waals surface area contributed by atoms with Crippen molar-refractivity contribution in [3.05, 3.63) is 81.9 Å². The summed E-state index contributed by atoms with van der Waals surface area (Å²) in [6.07, 6.45) is 0.290. The highest BCUT2D eigenvalue weighted by atomic mass is 19.1. The van der Waals surface area contributed by atoms with E-state index in [1.165, 1.54) is 6.92 Å². The van der Waals surface area contributed by atoms with E-state index in [0.29, 0.717) is 11.6 Å². The van der Waals surface area contributed by atoms with E-state index in [-0.39, 0.29) is 18.9 Å². The Balaban J connectivity index is 1.56. The topological polar surface area (TPSA) is 110 Å².